The number of carbonyl (C=O) groups excluding carboxylic acids is 1. The fourth-order valence-corrected chi connectivity index (χ4v) is 4.37. The fraction of sp³-hybridized carbons (Fsp3) is 0. The molecule has 1 N–H and O–H groups in total. The fourth-order valence-electron chi connectivity index (χ4n) is 2.85. The zero-order chi connectivity index (χ0) is 21.3. The highest BCUT2D eigenvalue weighted by atomic mass is 79.9. The zero-order valence-electron chi connectivity index (χ0n) is 15.3. The van der Waals surface area contributed by atoms with Crippen molar-refractivity contribution in [2.45, 2.75) is 9.79 Å². The van der Waals surface area contributed by atoms with Crippen LogP contribution in [0.4, 0.5) is 5.69 Å². The van der Waals surface area contributed by atoms with Crippen molar-refractivity contribution in [3.63, 3.8) is 0 Å². The van der Waals surface area contributed by atoms with Gasteiger partial charge in [0.25, 0.3) is 11.5 Å². The zero-order valence-corrected chi connectivity index (χ0v) is 17.7. The number of pyridine rings is 1. The molecule has 9 heteroatoms. The van der Waals surface area contributed by atoms with Crippen molar-refractivity contribution in [1.29, 1.82) is 0 Å². The second kappa shape index (κ2) is 7.85. The number of nitrogens with one attached hydrogen (secondary N) is 1. The Morgan fingerprint density at radius 3 is 2.23 bits per heavy atom. The van der Waals surface area contributed by atoms with Crippen molar-refractivity contribution in [2.24, 2.45) is 0 Å². The van der Waals surface area contributed by atoms with Crippen LogP contribution in [-0.4, -0.2) is 23.7 Å². The number of aromatic nitrogens is 2. The summed E-state index contributed by atoms with van der Waals surface area (Å²) in [6.07, 6.45) is 2.75. The van der Waals surface area contributed by atoms with Gasteiger partial charge in [0.1, 0.15) is 11.2 Å². The molecule has 0 spiro atoms. The number of nitrogens with zero attached hydrogens (tertiary/aromatic N) is 2. The number of hydrogen-bond acceptors (Lipinski definition) is 5. The van der Waals surface area contributed by atoms with E-state index in [-0.39, 0.29) is 15.4 Å². The van der Waals surface area contributed by atoms with Crippen molar-refractivity contribution in [2.75, 3.05) is 5.32 Å². The van der Waals surface area contributed by atoms with Crippen molar-refractivity contribution in [3.05, 3.63) is 99.5 Å². The number of anilines is 1. The number of halogens is 1. The van der Waals surface area contributed by atoms with E-state index in [0.29, 0.717) is 11.3 Å². The van der Waals surface area contributed by atoms with Gasteiger partial charge in [0.15, 0.2) is 0 Å². The monoisotopic (exact) mass is 483 g/mol. The maximum atomic E-state index is 12.7. The molecular weight excluding hydrogens is 470 g/mol. The predicted octanol–water partition coefficient (Wildman–Crippen LogP) is 3.54. The summed E-state index contributed by atoms with van der Waals surface area (Å²) in [5, 5.41) is 2.60. The number of benzene rings is 2. The van der Waals surface area contributed by atoms with Crippen LogP contribution in [0, 0.1) is 0 Å². The molecule has 4 aromatic rings. The lowest BCUT2D eigenvalue weighted by Crippen LogP contribution is -2.26. The van der Waals surface area contributed by atoms with Crippen LogP contribution in [0.2, 0.25) is 0 Å². The number of carbonyl (C=O) groups is 1. The SMILES string of the molecule is O=C(Nc1ccc(S(=O)(=O)c2ccc(Br)cc2)cc1)c1cnc2ccccn2c1=O. The predicted molar refractivity (Wildman–Crippen MR) is 115 cm³/mol. The van der Waals surface area contributed by atoms with Crippen LogP contribution in [0.25, 0.3) is 5.65 Å². The lowest BCUT2D eigenvalue weighted by Gasteiger charge is -2.08. The summed E-state index contributed by atoms with van der Waals surface area (Å²) in [6, 6.07) is 17.1. The summed E-state index contributed by atoms with van der Waals surface area (Å²) >= 11 is 3.28. The largest absolute Gasteiger partial charge is 0.322 e. The van der Waals surface area contributed by atoms with Gasteiger partial charge >= 0.3 is 0 Å². The first-order chi connectivity index (χ1) is 14.4. The summed E-state index contributed by atoms with van der Waals surface area (Å²) in [7, 11) is -3.68. The third-order valence-corrected chi connectivity index (χ3v) is 6.72. The maximum Gasteiger partial charge on any atom is 0.270 e. The lowest BCUT2D eigenvalue weighted by molar-refractivity contribution is 0.102. The van der Waals surface area contributed by atoms with E-state index in [1.54, 1.807) is 30.3 Å². The van der Waals surface area contributed by atoms with Crippen LogP contribution in [0.15, 0.2) is 98.2 Å². The van der Waals surface area contributed by atoms with Crippen LogP contribution in [0.3, 0.4) is 0 Å². The number of amides is 1. The molecule has 0 bridgehead atoms. The summed E-state index contributed by atoms with van der Waals surface area (Å²) in [6.45, 7) is 0. The summed E-state index contributed by atoms with van der Waals surface area (Å²) in [4.78, 5) is 29.4. The Kier molecular flexibility index (Phi) is 5.23. The van der Waals surface area contributed by atoms with Crippen LogP contribution in [0.5, 0.6) is 0 Å². The average Bonchev–Trinajstić information content (AvgIpc) is 2.75. The van der Waals surface area contributed by atoms with Crippen molar-refractivity contribution < 1.29 is 13.2 Å². The van der Waals surface area contributed by atoms with Crippen LogP contribution < -0.4 is 10.9 Å². The topological polar surface area (TPSA) is 97.6 Å². The van der Waals surface area contributed by atoms with Crippen LogP contribution >= 0.6 is 15.9 Å². The molecule has 0 saturated heterocycles. The molecule has 7 nitrogen and oxygen atoms in total. The number of sulfone groups is 1. The summed E-state index contributed by atoms with van der Waals surface area (Å²) in [5.41, 5.74) is 0.173. The Hall–Kier alpha value is -3.30. The van der Waals surface area contributed by atoms with E-state index in [1.165, 1.54) is 53.2 Å². The molecule has 0 aliphatic carbocycles. The molecule has 0 unspecified atom stereocenters. The molecule has 0 aliphatic heterocycles. The first-order valence-electron chi connectivity index (χ1n) is 8.75. The molecule has 0 atom stereocenters. The smallest absolute Gasteiger partial charge is 0.270 e. The quantitative estimate of drug-likeness (QED) is 0.478. The third-order valence-electron chi connectivity index (χ3n) is 4.40. The molecule has 0 saturated carbocycles. The second-order valence-electron chi connectivity index (χ2n) is 6.34. The Morgan fingerprint density at radius 2 is 1.57 bits per heavy atom. The Bertz CT molecular complexity index is 1410. The molecule has 150 valence electrons. The van der Waals surface area contributed by atoms with E-state index < -0.39 is 21.3 Å². The molecule has 2 aromatic carbocycles. The van der Waals surface area contributed by atoms with Crippen LogP contribution in [0.1, 0.15) is 10.4 Å². The van der Waals surface area contributed by atoms with Crippen molar-refractivity contribution >= 4 is 43.0 Å². The maximum absolute atomic E-state index is 12.7. The van der Waals surface area contributed by atoms with Gasteiger partial charge in [-0.25, -0.2) is 13.4 Å². The Labute approximate surface area is 180 Å². The minimum atomic E-state index is -3.68. The lowest BCUT2D eigenvalue weighted by atomic mass is 10.2. The molecule has 2 heterocycles. The van der Waals surface area contributed by atoms with Gasteiger partial charge in [-0.1, -0.05) is 22.0 Å². The van der Waals surface area contributed by atoms with Gasteiger partial charge in [-0.15, -0.1) is 0 Å². The van der Waals surface area contributed by atoms with Gasteiger partial charge < -0.3 is 5.32 Å². The minimum absolute atomic E-state index is 0.0928. The van der Waals surface area contributed by atoms with E-state index in [2.05, 4.69) is 26.2 Å². The van der Waals surface area contributed by atoms with Gasteiger partial charge in [-0.3, -0.25) is 14.0 Å². The standard InChI is InChI=1S/C21H14BrN3O4S/c22-14-4-8-16(9-5-14)30(28,29)17-10-6-15(7-11-17)24-20(26)18-13-23-19-3-1-2-12-25(19)21(18)27/h1-13H,(H,24,26). The van der Waals surface area contributed by atoms with Crippen molar-refractivity contribution in [1.82, 2.24) is 9.38 Å². The highest BCUT2D eigenvalue weighted by molar-refractivity contribution is 9.10. The molecule has 0 radical (unpaired) electrons. The Morgan fingerprint density at radius 1 is 0.933 bits per heavy atom. The number of hydrogen-bond donors (Lipinski definition) is 1. The Balaban J connectivity index is 1.58. The van der Waals surface area contributed by atoms with E-state index in [9.17, 15) is 18.0 Å². The number of rotatable bonds is 4. The molecule has 2 aromatic heterocycles. The van der Waals surface area contributed by atoms with Gasteiger partial charge in [0.2, 0.25) is 9.84 Å². The van der Waals surface area contributed by atoms with Crippen molar-refractivity contribution in [3.8, 4) is 0 Å². The van der Waals surface area contributed by atoms with Gasteiger partial charge in [-0.2, -0.15) is 0 Å². The highest BCUT2D eigenvalue weighted by Crippen LogP contribution is 2.24. The molecule has 4 rings (SSSR count). The molecule has 1 amide bonds. The molecule has 0 aliphatic rings. The summed E-state index contributed by atoms with van der Waals surface area (Å²) < 4.78 is 27.5. The van der Waals surface area contributed by atoms with E-state index in [4.69, 9.17) is 0 Å². The van der Waals surface area contributed by atoms with Gasteiger partial charge in [0, 0.05) is 22.6 Å². The second-order valence-corrected chi connectivity index (χ2v) is 9.21. The summed E-state index contributed by atoms with van der Waals surface area (Å²) in [5.74, 6) is -0.630. The molecule has 0 fully saturated rings. The van der Waals surface area contributed by atoms with E-state index in [0.717, 1.165) is 4.47 Å². The van der Waals surface area contributed by atoms with E-state index in [1.807, 2.05) is 0 Å². The van der Waals surface area contributed by atoms with Crippen LogP contribution in [-0.2, 0) is 9.84 Å². The van der Waals surface area contributed by atoms with Gasteiger partial charge in [-0.05, 0) is 60.7 Å². The van der Waals surface area contributed by atoms with E-state index >= 15 is 0 Å². The minimum Gasteiger partial charge on any atom is -0.322 e. The molecule has 30 heavy (non-hydrogen) atoms. The first-order valence-corrected chi connectivity index (χ1v) is 11.0. The normalized spacial score (nSPS) is 11.4. The number of fused-ring (bicyclic) bond motifs is 1. The third kappa shape index (κ3) is 3.77. The first kappa shape index (κ1) is 20.0. The molecular formula is C21H14BrN3O4S. The average molecular weight is 484 g/mol. The highest BCUT2D eigenvalue weighted by Gasteiger charge is 2.18. The van der Waals surface area contributed by atoms with Gasteiger partial charge in [0.05, 0.1) is 9.79 Å².